The number of guanidine groups is 1. The highest BCUT2D eigenvalue weighted by Gasteiger charge is 2.33. The Morgan fingerprint density at radius 2 is 2.04 bits per heavy atom. The average Bonchev–Trinajstić information content (AvgIpc) is 3.36. The summed E-state index contributed by atoms with van der Waals surface area (Å²) in [5.74, 6) is 0.873. The fourth-order valence-electron chi connectivity index (χ4n) is 3.51. The molecule has 2 rings (SSSR count). The van der Waals surface area contributed by atoms with E-state index in [9.17, 15) is 4.79 Å². The van der Waals surface area contributed by atoms with Crippen molar-refractivity contribution in [2.75, 3.05) is 39.9 Å². The van der Waals surface area contributed by atoms with Gasteiger partial charge in [0.1, 0.15) is 0 Å². The highest BCUT2D eigenvalue weighted by molar-refractivity contribution is 7.12. The standard InChI is InChI=1S/C20H34N4O2S/c1-3-21-19(24-16-20(11-14-26-2)9-4-5-10-20)23-13-7-12-22-18(25)17-8-6-15-27-17/h6,8,15H,3-5,7,9-14,16H2,1-2H3,(H,22,25)(H2,21,23,24). The number of aliphatic imine (C=N–C) groups is 1. The van der Waals surface area contributed by atoms with Crippen molar-refractivity contribution in [3.63, 3.8) is 0 Å². The highest BCUT2D eigenvalue weighted by atomic mass is 32.1. The molecule has 7 heteroatoms. The second-order valence-corrected chi connectivity index (χ2v) is 8.11. The number of carbonyl (C=O) groups excluding carboxylic acids is 1. The van der Waals surface area contributed by atoms with Crippen LogP contribution >= 0.6 is 11.3 Å². The van der Waals surface area contributed by atoms with Crippen LogP contribution in [0.1, 0.15) is 55.1 Å². The summed E-state index contributed by atoms with van der Waals surface area (Å²) in [6, 6.07) is 3.74. The maximum atomic E-state index is 11.9. The summed E-state index contributed by atoms with van der Waals surface area (Å²) in [7, 11) is 1.77. The van der Waals surface area contributed by atoms with Crippen LogP contribution in [0.3, 0.4) is 0 Å². The number of rotatable bonds is 11. The summed E-state index contributed by atoms with van der Waals surface area (Å²) in [6.45, 7) is 6.01. The van der Waals surface area contributed by atoms with E-state index in [0.717, 1.165) is 49.9 Å². The molecule has 0 aliphatic heterocycles. The Kier molecular flexibility index (Phi) is 9.62. The number of thiophene rings is 1. The molecule has 27 heavy (non-hydrogen) atoms. The van der Waals surface area contributed by atoms with Gasteiger partial charge in [0.15, 0.2) is 5.96 Å². The molecule has 1 aliphatic carbocycles. The van der Waals surface area contributed by atoms with E-state index in [1.54, 1.807) is 7.11 Å². The minimum atomic E-state index is 0.00638. The monoisotopic (exact) mass is 394 g/mol. The third kappa shape index (κ3) is 7.50. The Morgan fingerprint density at radius 1 is 1.26 bits per heavy atom. The van der Waals surface area contributed by atoms with Crippen molar-refractivity contribution in [3.8, 4) is 0 Å². The van der Waals surface area contributed by atoms with Gasteiger partial charge in [0.2, 0.25) is 0 Å². The summed E-state index contributed by atoms with van der Waals surface area (Å²) < 4.78 is 5.31. The Balaban J connectivity index is 1.73. The molecule has 1 aliphatic rings. The van der Waals surface area contributed by atoms with Gasteiger partial charge < -0.3 is 20.7 Å². The van der Waals surface area contributed by atoms with Crippen LogP contribution in [0.4, 0.5) is 0 Å². The molecule has 1 aromatic rings. The van der Waals surface area contributed by atoms with Crippen LogP contribution in [-0.2, 0) is 4.74 Å². The van der Waals surface area contributed by atoms with Crippen molar-refractivity contribution < 1.29 is 9.53 Å². The molecule has 0 unspecified atom stereocenters. The van der Waals surface area contributed by atoms with E-state index in [1.807, 2.05) is 17.5 Å². The zero-order chi connectivity index (χ0) is 19.4. The van der Waals surface area contributed by atoms with Crippen LogP contribution < -0.4 is 16.0 Å². The lowest BCUT2D eigenvalue weighted by molar-refractivity contribution is 0.0957. The van der Waals surface area contributed by atoms with Crippen molar-refractivity contribution in [1.82, 2.24) is 16.0 Å². The smallest absolute Gasteiger partial charge is 0.261 e. The quantitative estimate of drug-likeness (QED) is 0.306. The third-order valence-corrected chi connectivity index (χ3v) is 5.96. The lowest BCUT2D eigenvalue weighted by Gasteiger charge is -2.27. The van der Waals surface area contributed by atoms with Crippen molar-refractivity contribution in [1.29, 1.82) is 0 Å². The Hall–Kier alpha value is -1.60. The van der Waals surface area contributed by atoms with Crippen LogP contribution in [0.5, 0.6) is 0 Å². The first kappa shape index (κ1) is 21.7. The van der Waals surface area contributed by atoms with Crippen LogP contribution in [0, 0.1) is 5.41 Å². The van der Waals surface area contributed by atoms with Gasteiger partial charge in [-0.15, -0.1) is 11.3 Å². The number of methoxy groups -OCH3 is 1. The molecular formula is C20H34N4O2S. The molecule has 1 fully saturated rings. The van der Waals surface area contributed by atoms with Gasteiger partial charge >= 0.3 is 0 Å². The second-order valence-electron chi connectivity index (χ2n) is 7.16. The van der Waals surface area contributed by atoms with E-state index >= 15 is 0 Å². The first-order valence-corrected chi connectivity index (χ1v) is 10.9. The molecule has 0 aromatic carbocycles. The molecule has 1 amide bonds. The molecule has 6 nitrogen and oxygen atoms in total. The predicted molar refractivity (Wildman–Crippen MR) is 113 cm³/mol. The van der Waals surface area contributed by atoms with Gasteiger partial charge in [-0.3, -0.25) is 9.79 Å². The van der Waals surface area contributed by atoms with E-state index in [-0.39, 0.29) is 5.91 Å². The number of ether oxygens (including phenoxy) is 1. The fourth-order valence-corrected chi connectivity index (χ4v) is 4.15. The zero-order valence-corrected chi connectivity index (χ0v) is 17.5. The molecule has 0 radical (unpaired) electrons. The predicted octanol–water partition coefficient (Wildman–Crippen LogP) is 3.02. The van der Waals surface area contributed by atoms with Crippen molar-refractivity contribution in [2.45, 2.75) is 45.4 Å². The van der Waals surface area contributed by atoms with Crippen LogP contribution in [0.25, 0.3) is 0 Å². The second kappa shape index (κ2) is 12.0. The Labute approximate surface area is 167 Å². The van der Waals surface area contributed by atoms with Gasteiger partial charge in [0.25, 0.3) is 5.91 Å². The SMILES string of the molecule is CCNC(=NCC1(CCOC)CCCC1)NCCCNC(=O)c1cccs1. The average molecular weight is 395 g/mol. The normalized spacial score (nSPS) is 16.3. The summed E-state index contributed by atoms with van der Waals surface area (Å²) in [4.78, 5) is 17.5. The van der Waals surface area contributed by atoms with Crippen LogP contribution in [0.15, 0.2) is 22.5 Å². The van der Waals surface area contributed by atoms with Crippen molar-refractivity contribution >= 4 is 23.2 Å². The third-order valence-electron chi connectivity index (χ3n) is 5.09. The maximum Gasteiger partial charge on any atom is 0.261 e. The molecule has 1 aromatic heterocycles. The zero-order valence-electron chi connectivity index (χ0n) is 16.7. The largest absolute Gasteiger partial charge is 0.385 e. The summed E-state index contributed by atoms with van der Waals surface area (Å²) in [5.41, 5.74) is 0.299. The van der Waals surface area contributed by atoms with Gasteiger partial charge in [-0.1, -0.05) is 18.9 Å². The molecule has 3 N–H and O–H groups in total. The summed E-state index contributed by atoms with van der Waals surface area (Å²) in [5, 5.41) is 11.6. The number of amides is 1. The van der Waals surface area contributed by atoms with E-state index in [1.165, 1.54) is 37.0 Å². The van der Waals surface area contributed by atoms with E-state index in [0.29, 0.717) is 12.0 Å². The van der Waals surface area contributed by atoms with Gasteiger partial charge in [-0.05, 0) is 49.5 Å². The first-order chi connectivity index (χ1) is 13.2. The first-order valence-electron chi connectivity index (χ1n) is 10.0. The highest BCUT2D eigenvalue weighted by Crippen LogP contribution is 2.41. The van der Waals surface area contributed by atoms with Gasteiger partial charge in [0, 0.05) is 39.9 Å². The fraction of sp³-hybridized carbons (Fsp3) is 0.700. The molecule has 0 bridgehead atoms. The lowest BCUT2D eigenvalue weighted by atomic mass is 9.83. The topological polar surface area (TPSA) is 74.8 Å². The molecular weight excluding hydrogens is 360 g/mol. The lowest BCUT2D eigenvalue weighted by Crippen LogP contribution is -2.39. The minimum absolute atomic E-state index is 0.00638. The summed E-state index contributed by atoms with van der Waals surface area (Å²) >= 11 is 1.46. The van der Waals surface area contributed by atoms with Gasteiger partial charge in [-0.25, -0.2) is 0 Å². The number of hydrogen-bond donors (Lipinski definition) is 3. The number of nitrogens with one attached hydrogen (secondary N) is 3. The van der Waals surface area contributed by atoms with Gasteiger partial charge in [0.05, 0.1) is 4.88 Å². The molecule has 1 heterocycles. The van der Waals surface area contributed by atoms with E-state index in [4.69, 9.17) is 9.73 Å². The van der Waals surface area contributed by atoms with Crippen LogP contribution in [-0.4, -0.2) is 51.8 Å². The molecule has 152 valence electrons. The van der Waals surface area contributed by atoms with Crippen LogP contribution in [0.2, 0.25) is 0 Å². The number of carbonyl (C=O) groups is 1. The number of hydrogen-bond acceptors (Lipinski definition) is 4. The summed E-state index contributed by atoms with van der Waals surface area (Å²) in [6.07, 6.45) is 7.03. The number of nitrogens with zero attached hydrogens (tertiary/aromatic N) is 1. The Bertz CT molecular complexity index is 569. The van der Waals surface area contributed by atoms with Crippen molar-refractivity contribution in [2.24, 2.45) is 10.4 Å². The van der Waals surface area contributed by atoms with Gasteiger partial charge in [-0.2, -0.15) is 0 Å². The van der Waals surface area contributed by atoms with E-state index < -0.39 is 0 Å². The van der Waals surface area contributed by atoms with Crippen molar-refractivity contribution in [3.05, 3.63) is 22.4 Å². The minimum Gasteiger partial charge on any atom is -0.385 e. The molecule has 1 saturated carbocycles. The molecule has 0 spiro atoms. The maximum absolute atomic E-state index is 11.9. The Morgan fingerprint density at radius 3 is 2.70 bits per heavy atom. The molecule has 0 atom stereocenters. The molecule has 0 saturated heterocycles. The van der Waals surface area contributed by atoms with E-state index in [2.05, 4.69) is 22.9 Å².